The van der Waals surface area contributed by atoms with Crippen molar-refractivity contribution >= 4 is 31.8 Å². The van der Waals surface area contributed by atoms with Crippen molar-refractivity contribution in [1.29, 1.82) is 0 Å². The van der Waals surface area contributed by atoms with Crippen LogP contribution in [0.4, 0.5) is 0 Å². The minimum absolute atomic E-state index is 0.739. The molecule has 0 aliphatic carbocycles. The summed E-state index contributed by atoms with van der Waals surface area (Å²) >= 11 is 10.4. The van der Waals surface area contributed by atoms with Gasteiger partial charge in [-0.1, -0.05) is 6.92 Å². The summed E-state index contributed by atoms with van der Waals surface area (Å²) in [7, 11) is -3.13. The topological polar surface area (TPSA) is 60.8 Å². The molecule has 0 aromatic rings. The van der Waals surface area contributed by atoms with Gasteiger partial charge in [0.25, 0.3) is 0 Å². The number of hydrogen-bond acceptors (Lipinski definition) is 2. The van der Waals surface area contributed by atoms with Crippen LogP contribution in [0.15, 0.2) is 0 Å². The van der Waals surface area contributed by atoms with E-state index in [9.17, 15) is 0 Å². The number of rotatable bonds is 2. The van der Waals surface area contributed by atoms with Crippen molar-refractivity contribution in [2.75, 3.05) is 6.54 Å². The maximum absolute atomic E-state index is 8.74. The fourth-order valence-electron chi connectivity index (χ4n) is 0.169. The van der Waals surface area contributed by atoms with Crippen molar-refractivity contribution in [2.45, 2.75) is 13.3 Å². The molecule has 0 rings (SSSR count). The molecule has 0 heterocycles. The molecule has 64 valence electrons. The van der Waals surface area contributed by atoms with Crippen LogP contribution in [0, 0.1) is 0 Å². The Bertz CT molecular complexity index is 87.8. The second-order valence-corrected chi connectivity index (χ2v) is 2.86. The third-order valence-electron chi connectivity index (χ3n) is 0.393. The smallest absolute Gasteiger partial charge is 0.314 e. The molecule has 0 amide bonds. The zero-order valence-corrected chi connectivity index (χ0v) is 7.93. The summed E-state index contributed by atoms with van der Waals surface area (Å²) in [6.07, 6.45) is 0.993. The zero-order chi connectivity index (χ0) is 8.57. The Balaban J connectivity index is 0. The molecule has 0 aromatic carbocycles. The van der Waals surface area contributed by atoms with Gasteiger partial charge in [-0.2, -0.15) is 0 Å². The molecule has 0 atom stereocenters. The Morgan fingerprint density at radius 2 is 1.80 bits per heavy atom. The van der Waals surface area contributed by atoms with Crippen LogP contribution in [0.5, 0.6) is 0 Å². The fourth-order valence-corrected chi connectivity index (χ4v) is 0.507. The van der Waals surface area contributed by atoms with Crippen molar-refractivity contribution in [1.82, 2.24) is 3.94 Å². The fraction of sp³-hybridized carbons (Fsp3) is 1.00. The van der Waals surface area contributed by atoms with E-state index < -0.39 is 8.25 Å². The van der Waals surface area contributed by atoms with Crippen LogP contribution in [0.3, 0.4) is 0 Å². The third-order valence-corrected chi connectivity index (χ3v) is 0.731. The van der Waals surface area contributed by atoms with E-state index in [-0.39, 0.29) is 0 Å². The van der Waals surface area contributed by atoms with Gasteiger partial charge in [-0.3, -0.25) is 4.57 Å². The van der Waals surface area contributed by atoms with Crippen LogP contribution in [0.2, 0.25) is 0 Å². The molecule has 10 heavy (non-hydrogen) atoms. The molecule has 0 fully saturated rings. The predicted octanol–water partition coefficient (Wildman–Crippen LogP) is 1.37. The number of nitrogens with zero attached hydrogens (tertiary/aromatic N) is 1. The maximum Gasteiger partial charge on any atom is 0.314 e. The SMILES string of the molecule is CCCN(Cl)Cl.O=[PH](O)O. The molecule has 0 aliphatic heterocycles. The first-order valence-electron chi connectivity index (χ1n) is 2.51. The van der Waals surface area contributed by atoms with Crippen molar-refractivity contribution in [3.63, 3.8) is 0 Å². The molecule has 0 bridgehead atoms. The first-order valence-corrected chi connectivity index (χ1v) is 4.49. The largest absolute Gasteiger partial charge is 0.326 e. The lowest BCUT2D eigenvalue weighted by molar-refractivity contribution is 0.405. The van der Waals surface area contributed by atoms with E-state index in [1.54, 1.807) is 0 Å². The predicted molar refractivity (Wildman–Crippen MR) is 42.1 cm³/mol. The standard InChI is InChI=1S/C3H7Cl2N.H3O3P/c1-2-3-6(4)5;1-4(2)3/h2-3H2,1H3;4H,(H2,1,2,3). The molecule has 0 aliphatic rings. The van der Waals surface area contributed by atoms with Gasteiger partial charge in [-0.15, -0.1) is 3.94 Å². The second-order valence-electron chi connectivity index (χ2n) is 1.31. The molecule has 0 aromatic heterocycles. The molecule has 0 unspecified atom stereocenters. The van der Waals surface area contributed by atoms with Gasteiger partial charge < -0.3 is 9.79 Å². The van der Waals surface area contributed by atoms with Crippen molar-refractivity contribution in [2.24, 2.45) is 0 Å². The van der Waals surface area contributed by atoms with Gasteiger partial charge in [0.05, 0.1) is 0 Å². The Morgan fingerprint density at radius 3 is 1.80 bits per heavy atom. The van der Waals surface area contributed by atoms with Crippen molar-refractivity contribution in [3.8, 4) is 0 Å². The summed E-state index contributed by atoms with van der Waals surface area (Å²) in [4.78, 5) is 14.3. The van der Waals surface area contributed by atoms with E-state index in [4.69, 9.17) is 37.9 Å². The summed E-state index contributed by atoms with van der Waals surface area (Å²) in [5.41, 5.74) is 0. The van der Waals surface area contributed by atoms with Crippen LogP contribution < -0.4 is 0 Å². The lowest BCUT2D eigenvalue weighted by atomic mass is 10.5. The molecule has 7 heteroatoms. The molecule has 0 spiro atoms. The number of halogens is 2. The molecule has 0 radical (unpaired) electrons. The lowest BCUT2D eigenvalue weighted by Crippen LogP contribution is -1.95. The van der Waals surface area contributed by atoms with Crippen LogP contribution in [-0.2, 0) is 4.57 Å². The highest BCUT2D eigenvalue weighted by Gasteiger charge is 1.86. The van der Waals surface area contributed by atoms with E-state index in [2.05, 4.69) is 0 Å². The summed E-state index contributed by atoms with van der Waals surface area (Å²) in [6.45, 7) is 2.75. The Hall–Kier alpha value is 0.690. The minimum atomic E-state index is -3.13. The van der Waals surface area contributed by atoms with Gasteiger partial charge in [-0.05, 0) is 30.0 Å². The molecule has 4 nitrogen and oxygen atoms in total. The van der Waals surface area contributed by atoms with E-state index >= 15 is 0 Å². The minimum Gasteiger partial charge on any atom is -0.326 e. The molecule has 2 N–H and O–H groups in total. The Kier molecular flexibility index (Phi) is 12.9. The number of hydrogen-bond donors (Lipinski definition) is 2. The van der Waals surface area contributed by atoms with Gasteiger partial charge in [0, 0.05) is 6.54 Å². The van der Waals surface area contributed by atoms with Crippen LogP contribution in [0.1, 0.15) is 13.3 Å². The first-order chi connectivity index (χ1) is 4.50. The van der Waals surface area contributed by atoms with E-state index in [1.165, 1.54) is 0 Å². The lowest BCUT2D eigenvalue weighted by Gasteiger charge is -1.95. The van der Waals surface area contributed by atoms with E-state index in [1.807, 2.05) is 6.92 Å². The van der Waals surface area contributed by atoms with Gasteiger partial charge in [0.2, 0.25) is 0 Å². The highest BCUT2D eigenvalue weighted by molar-refractivity contribution is 7.30. The summed E-state index contributed by atoms with van der Waals surface area (Å²) < 4.78 is 9.87. The maximum atomic E-state index is 8.74. The third kappa shape index (κ3) is 37.7. The summed E-state index contributed by atoms with van der Waals surface area (Å²) in [6, 6.07) is 0. The summed E-state index contributed by atoms with van der Waals surface area (Å²) in [5.74, 6) is 0. The highest BCUT2D eigenvalue weighted by Crippen LogP contribution is 1.98. The molecular formula is C3H10Cl2NO3P. The monoisotopic (exact) mass is 209 g/mol. The molecule has 0 saturated carbocycles. The first kappa shape index (κ1) is 13.3. The van der Waals surface area contributed by atoms with Gasteiger partial charge in [0.15, 0.2) is 0 Å². The zero-order valence-electron chi connectivity index (χ0n) is 5.42. The Labute approximate surface area is 70.5 Å². The van der Waals surface area contributed by atoms with Gasteiger partial charge >= 0.3 is 8.25 Å². The average molecular weight is 210 g/mol. The normalized spacial score (nSPS) is 9.50. The van der Waals surface area contributed by atoms with Crippen LogP contribution in [0.25, 0.3) is 0 Å². The van der Waals surface area contributed by atoms with Crippen LogP contribution >= 0.6 is 31.8 Å². The van der Waals surface area contributed by atoms with Crippen molar-refractivity contribution < 1.29 is 14.4 Å². The summed E-state index contributed by atoms with van der Waals surface area (Å²) in [5, 5.41) is 0. The van der Waals surface area contributed by atoms with E-state index in [0.29, 0.717) is 0 Å². The Morgan fingerprint density at radius 1 is 1.50 bits per heavy atom. The highest BCUT2D eigenvalue weighted by atomic mass is 35.5. The second kappa shape index (κ2) is 9.69. The molecular weight excluding hydrogens is 200 g/mol. The average Bonchev–Trinajstić information content (AvgIpc) is 1.62. The van der Waals surface area contributed by atoms with Crippen molar-refractivity contribution in [3.05, 3.63) is 0 Å². The van der Waals surface area contributed by atoms with Gasteiger partial charge in [0.1, 0.15) is 0 Å². The van der Waals surface area contributed by atoms with Gasteiger partial charge in [-0.25, -0.2) is 0 Å². The quantitative estimate of drug-likeness (QED) is 0.533. The van der Waals surface area contributed by atoms with E-state index in [0.717, 1.165) is 16.9 Å². The van der Waals surface area contributed by atoms with Crippen LogP contribution in [-0.4, -0.2) is 20.3 Å². The molecule has 0 saturated heterocycles.